The van der Waals surface area contributed by atoms with Crippen LogP contribution in [0.1, 0.15) is 33.3 Å². The normalized spacial score (nSPS) is 12.5. The molecule has 1 aromatic heterocycles. The fraction of sp³-hybridized carbons (Fsp3) is 0.174. The number of carbonyl (C=O) groups excluding carboxylic acids is 2. The highest BCUT2D eigenvalue weighted by Crippen LogP contribution is 2.28. The van der Waals surface area contributed by atoms with Gasteiger partial charge in [-0.2, -0.15) is 0 Å². The molecule has 28 heavy (non-hydrogen) atoms. The van der Waals surface area contributed by atoms with Gasteiger partial charge in [-0.1, -0.05) is 36.4 Å². The Morgan fingerprint density at radius 1 is 1.04 bits per heavy atom. The van der Waals surface area contributed by atoms with Crippen molar-refractivity contribution in [1.82, 2.24) is 4.98 Å². The third-order valence-corrected chi connectivity index (χ3v) is 4.99. The largest absolute Gasteiger partial charge is 0.309 e. The van der Waals surface area contributed by atoms with E-state index in [9.17, 15) is 9.59 Å². The Hall–Kier alpha value is -3.47. The van der Waals surface area contributed by atoms with Crippen molar-refractivity contribution in [3.05, 3.63) is 89.7 Å². The Morgan fingerprint density at radius 3 is 2.57 bits per heavy atom. The van der Waals surface area contributed by atoms with Gasteiger partial charge in [0.25, 0.3) is 11.8 Å². The molecule has 0 fully saturated rings. The van der Waals surface area contributed by atoms with Crippen molar-refractivity contribution in [2.24, 2.45) is 0 Å². The summed E-state index contributed by atoms with van der Waals surface area (Å²) < 4.78 is 0. The van der Waals surface area contributed by atoms with Crippen LogP contribution in [0.2, 0.25) is 0 Å². The molecule has 5 heteroatoms. The van der Waals surface area contributed by atoms with Crippen molar-refractivity contribution in [2.75, 3.05) is 22.9 Å². The highest BCUT2D eigenvalue weighted by atomic mass is 16.2. The Morgan fingerprint density at radius 2 is 1.79 bits per heavy atom. The maximum Gasteiger partial charge on any atom is 0.276 e. The van der Waals surface area contributed by atoms with E-state index < -0.39 is 0 Å². The molecular weight excluding hydrogens is 350 g/mol. The zero-order valence-electron chi connectivity index (χ0n) is 15.7. The summed E-state index contributed by atoms with van der Waals surface area (Å²) in [6.45, 7) is 3.09. The zero-order valence-corrected chi connectivity index (χ0v) is 15.7. The molecule has 0 unspecified atom stereocenters. The minimum absolute atomic E-state index is 0.146. The summed E-state index contributed by atoms with van der Waals surface area (Å²) >= 11 is 0. The van der Waals surface area contributed by atoms with Crippen LogP contribution in [-0.4, -0.2) is 29.9 Å². The second-order valence-electron chi connectivity index (χ2n) is 6.65. The van der Waals surface area contributed by atoms with Crippen molar-refractivity contribution >= 4 is 23.2 Å². The summed E-state index contributed by atoms with van der Waals surface area (Å²) in [6.07, 6.45) is 2.36. The number of pyridine rings is 1. The highest BCUT2D eigenvalue weighted by Gasteiger charge is 2.27. The van der Waals surface area contributed by atoms with Crippen molar-refractivity contribution in [3.63, 3.8) is 0 Å². The van der Waals surface area contributed by atoms with Crippen LogP contribution in [0.5, 0.6) is 0 Å². The van der Waals surface area contributed by atoms with Gasteiger partial charge in [0.2, 0.25) is 0 Å². The molecule has 0 saturated carbocycles. The molecule has 0 saturated heterocycles. The van der Waals surface area contributed by atoms with Crippen LogP contribution in [0.25, 0.3) is 0 Å². The minimum Gasteiger partial charge on any atom is -0.309 e. The number of hydrogen-bond donors (Lipinski definition) is 0. The maximum atomic E-state index is 13.0. The van der Waals surface area contributed by atoms with Crippen molar-refractivity contribution in [1.29, 1.82) is 0 Å². The molecule has 0 N–H and O–H groups in total. The number of carbonyl (C=O) groups is 2. The standard InChI is InChI=1S/C23H21N3O2/c1-2-25(19-9-4-3-5-10-19)22(27)18-12-14-24-20(16-18)23(28)26-15-13-17-8-6-7-11-21(17)26/h3-12,14,16H,2,13,15H2,1H3. The number of fused-ring (bicyclic) bond motifs is 1. The number of anilines is 2. The van der Waals surface area contributed by atoms with E-state index >= 15 is 0 Å². The Balaban J connectivity index is 1.61. The van der Waals surface area contributed by atoms with E-state index in [0.717, 1.165) is 23.4 Å². The zero-order chi connectivity index (χ0) is 19.5. The van der Waals surface area contributed by atoms with Gasteiger partial charge in [0.15, 0.2) is 0 Å². The van der Waals surface area contributed by atoms with E-state index in [-0.39, 0.29) is 17.5 Å². The lowest BCUT2D eigenvalue weighted by molar-refractivity contribution is 0.0984. The van der Waals surface area contributed by atoms with Gasteiger partial charge in [-0.3, -0.25) is 14.6 Å². The summed E-state index contributed by atoms with van der Waals surface area (Å²) in [5, 5.41) is 0. The lowest BCUT2D eigenvalue weighted by Crippen LogP contribution is -2.32. The molecule has 1 aliphatic heterocycles. The summed E-state index contributed by atoms with van der Waals surface area (Å²) in [4.78, 5) is 33.7. The van der Waals surface area contributed by atoms with Crippen LogP contribution in [0.3, 0.4) is 0 Å². The topological polar surface area (TPSA) is 53.5 Å². The summed E-state index contributed by atoms with van der Waals surface area (Å²) in [5.74, 6) is -0.325. The molecular formula is C23H21N3O2. The molecule has 3 aromatic rings. The average Bonchev–Trinajstić information content (AvgIpc) is 3.19. The van der Waals surface area contributed by atoms with Crippen LogP contribution < -0.4 is 9.80 Å². The lowest BCUT2D eigenvalue weighted by atomic mass is 10.1. The molecule has 0 bridgehead atoms. The molecule has 0 aliphatic carbocycles. The number of amides is 2. The van der Waals surface area contributed by atoms with Gasteiger partial charge in [0.05, 0.1) is 0 Å². The van der Waals surface area contributed by atoms with E-state index in [4.69, 9.17) is 0 Å². The predicted octanol–water partition coefficient (Wildman–Crippen LogP) is 3.95. The second-order valence-corrected chi connectivity index (χ2v) is 6.65. The van der Waals surface area contributed by atoms with Gasteiger partial charge in [-0.05, 0) is 49.2 Å². The monoisotopic (exact) mass is 371 g/mol. The van der Waals surface area contributed by atoms with E-state index in [1.807, 2.05) is 61.5 Å². The maximum absolute atomic E-state index is 13.0. The SMILES string of the molecule is CCN(C(=O)c1ccnc(C(=O)N2CCc3ccccc32)c1)c1ccccc1. The third-order valence-electron chi connectivity index (χ3n) is 4.99. The van der Waals surface area contributed by atoms with Crippen molar-refractivity contribution in [2.45, 2.75) is 13.3 Å². The molecule has 4 rings (SSSR count). The van der Waals surface area contributed by atoms with Crippen LogP contribution >= 0.6 is 0 Å². The van der Waals surface area contributed by atoms with Crippen LogP contribution in [0.15, 0.2) is 72.9 Å². The summed E-state index contributed by atoms with van der Waals surface area (Å²) in [6, 6.07) is 20.7. The number of benzene rings is 2. The van der Waals surface area contributed by atoms with Crippen LogP contribution in [0, 0.1) is 0 Å². The first kappa shape index (κ1) is 17.9. The second kappa shape index (κ2) is 7.64. The minimum atomic E-state index is -0.178. The fourth-order valence-electron chi connectivity index (χ4n) is 3.58. The summed E-state index contributed by atoms with van der Waals surface area (Å²) in [5.41, 5.74) is 3.64. The van der Waals surface area contributed by atoms with Crippen molar-refractivity contribution < 1.29 is 9.59 Å². The predicted molar refractivity (Wildman–Crippen MR) is 110 cm³/mol. The molecule has 140 valence electrons. The molecule has 2 aromatic carbocycles. The number of para-hydroxylation sites is 2. The number of rotatable bonds is 4. The first-order chi connectivity index (χ1) is 13.7. The van der Waals surface area contributed by atoms with Crippen LogP contribution in [-0.2, 0) is 6.42 Å². The van der Waals surface area contributed by atoms with Gasteiger partial charge in [0, 0.05) is 36.2 Å². The smallest absolute Gasteiger partial charge is 0.276 e. The number of nitrogens with zero attached hydrogens (tertiary/aromatic N) is 3. The summed E-state index contributed by atoms with van der Waals surface area (Å²) in [7, 11) is 0. The Kier molecular flexibility index (Phi) is 4.89. The number of hydrogen-bond acceptors (Lipinski definition) is 3. The van der Waals surface area contributed by atoms with Gasteiger partial charge < -0.3 is 9.80 Å². The third kappa shape index (κ3) is 3.27. The van der Waals surface area contributed by atoms with E-state index in [1.165, 1.54) is 6.20 Å². The molecule has 0 spiro atoms. The quantitative estimate of drug-likeness (QED) is 0.698. The molecule has 2 heterocycles. The molecule has 2 amide bonds. The van der Waals surface area contributed by atoms with E-state index in [2.05, 4.69) is 4.98 Å². The van der Waals surface area contributed by atoms with Gasteiger partial charge >= 0.3 is 0 Å². The van der Waals surface area contributed by atoms with Gasteiger partial charge in [0.1, 0.15) is 5.69 Å². The Labute approximate surface area is 164 Å². The Bertz CT molecular complexity index is 988. The average molecular weight is 371 g/mol. The molecule has 5 nitrogen and oxygen atoms in total. The lowest BCUT2D eigenvalue weighted by Gasteiger charge is -2.21. The van der Waals surface area contributed by atoms with Gasteiger partial charge in [-0.25, -0.2) is 0 Å². The molecule has 0 atom stereocenters. The van der Waals surface area contributed by atoms with Gasteiger partial charge in [-0.15, -0.1) is 0 Å². The molecule has 0 radical (unpaired) electrons. The molecule has 1 aliphatic rings. The van der Waals surface area contributed by atoms with E-state index in [1.54, 1.807) is 21.9 Å². The number of aromatic nitrogens is 1. The fourth-order valence-corrected chi connectivity index (χ4v) is 3.58. The first-order valence-electron chi connectivity index (χ1n) is 9.41. The van der Waals surface area contributed by atoms with E-state index in [0.29, 0.717) is 18.7 Å². The first-order valence-corrected chi connectivity index (χ1v) is 9.41. The van der Waals surface area contributed by atoms with Crippen LogP contribution in [0.4, 0.5) is 11.4 Å². The van der Waals surface area contributed by atoms with Crippen molar-refractivity contribution in [3.8, 4) is 0 Å². The highest BCUT2D eigenvalue weighted by molar-refractivity contribution is 6.10.